The van der Waals surface area contributed by atoms with Gasteiger partial charge in [0.2, 0.25) is 0 Å². The standard InChI is InChI=1S/C11H16ClFN2/c1-11(2,3)9(6-12)15-10-5-4-8(13)7-14-10/h4-5,7,9H,6H2,1-3H3,(H,14,15). The molecule has 0 aromatic carbocycles. The predicted octanol–water partition coefficient (Wildman–Crippen LogP) is 3.29. The van der Waals surface area contributed by atoms with Crippen molar-refractivity contribution in [2.75, 3.05) is 11.2 Å². The third-order valence-electron chi connectivity index (χ3n) is 2.25. The number of pyridine rings is 1. The van der Waals surface area contributed by atoms with Crippen LogP contribution in [0.1, 0.15) is 20.8 Å². The van der Waals surface area contributed by atoms with Gasteiger partial charge in [-0.25, -0.2) is 9.37 Å². The minimum atomic E-state index is -0.335. The molecule has 15 heavy (non-hydrogen) atoms. The molecule has 1 rings (SSSR count). The van der Waals surface area contributed by atoms with E-state index >= 15 is 0 Å². The van der Waals surface area contributed by atoms with Crippen LogP contribution < -0.4 is 5.32 Å². The highest BCUT2D eigenvalue weighted by Crippen LogP contribution is 2.23. The molecule has 84 valence electrons. The highest BCUT2D eigenvalue weighted by molar-refractivity contribution is 6.18. The van der Waals surface area contributed by atoms with Crippen LogP contribution in [0, 0.1) is 11.2 Å². The number of anilines is 1. The molecule has 1 heterocycles. The van der Waals surface area contributed by atoms with E-state index in [0.717, 1.165) is 0 Å². The average Bonchev–Trinajstić information content (AvgIpc) is 2.15. The number of hydrogen-bond donors (Lipinski definition) is 1. The molecule has 1 aromatic rings. The van der Waals surface area contributed by atoms with E-state index in [4.69, 9.17) is 11.6 Å². The molecule has 0 bridgehead atoms. The molecule has 0 saturated carbocycles. The molecule has 0 aliphatic rings. The second-order valence-corrected chi connectivity index (χ2v) is 4.89. The Balaban J connectivity index is 2.71. The molecule has 4 heteroatoms. The Labute approximate surface area is 94.9 Å². The molecule has 1 unspecified atom stereocenters. The summed E-state index contributed by atoms with van der Waals surface area (Å²) in [4.78, 5) is 3.93. The normalized spacial score (nSPS) is 13.7. The monoisotopic (exact) mass is 230 g/mol. The Morgan fingerprint density at radius 1 is 1.47 bits per heavy atom. The molecule has 1 aromatic heterocycles. The maximum Gasteiger partial charge on any atom is 0.141 e. The van der Waals surface area contributed by atoms with Crippen LogP contribution in [0.2, 0.25) is 0 Å². The molecule has 0 spiro atoms. The largest absolute Gasteiger partial charge is 0.366 e. The number of nitrogens with zero attached hydrogens (tertiary/aromatic N) is 1. The molecule has 1 N–H and O–H groups in total. The molecule has 0 aliphatic carbocycles. The number of hydrogen-bond acceptors (Lipinski definition) is 2. The zero-order chi connectivity index (χ0) is 11.5. The zero-order valence-corrected chi connectivity index (χ0v) is 9.98. The van der Waals surface area contributed by atoms with Crippen LogP contribution in [0.15, 0.2) is 18.3 Å². The summed E-state index contributed by atoms with van der Waals surface area (Å²) in [6.45, 7) is 6.28. The fraction of sp³-hybridized carbons (Fsp3) is 0.545. The van der Waals surface area contributed by atoms with E-state index in [-0.39, 0.29) is 17.3 Å². The summed E-state index contributed by atoms with van der Waals surface area (Å²) in [5, 5.41) is 3.19. The topological polar surface area (TPSA) is 24.9 Å². The molecular weight excluding hydrogens is 215 g/mol. The summed E-state index contributed by atoms with van der Waals surface area (Å²) in [7, 11) is 0. The van der Waals surface area contributed by atoms with Crippen LogP contribution in [0.3, 0.4) is 0 Å². The van der Waals surface area contributed by atoms with E-state index in [1.165, 1.54) is 12.3 Å². The number of halogens is 2. The first kappa shape index (κ1) is 12.2. The van der Waals surface area contributed by atoms with Crippen molar-refractivity contribution >= 4 is 17.4 Å². The number of alkyl halides is 1. The highest BCUT2D eigenvalue weighted by atomic mass is 35.5. The summed E-state index contributed by atoms with van der Waals surface area (Å²) in [5.41, 5.74) is 0.0395. The van der Waals surface area contributed by atoms with Crippen molar-refractivity contribution < 1.29 is 4.39 Å². The van der Waals surface area contributed by atoms with Crippen molar-refractivity contribution in [3.05, 3.63) is 24.1 Å². The van der Waals surface area contributed by atoms with Gasteiger partial charge >= 0.3 is 0 Å². The van der Waals surface area contributed by atoms with Gasteiger partial charge in [0.1, 0.15) is 11.6 Å². The van der Waals surface area contributed by atoms with Gasteiger partial charge in [0.05, 0.1) is 6.20 Å². The van der Waals surface area contributed by atoms with Crippen LogP contribution in [0.4, 0.5) is 10.2 Å². The van der Waals surface area contributed by atoms with Gasteiger partial charge in [0.25, 0.3) is 0 Å². The van der Waals surface area contributed by atoms with Crippen LogP contribution in [0.5, 0.6) is 0 Å². The molecule has 0 aliphatic heterocycles. The Hall–Kier alpha value is -0.830. The van der Waals surface area contributed by atoms with Crippen molar-refractivity contribution in [3.63, 3.8) is 0 Å². The molecular formula is C11H16ClFN2. The van der Waals surface area contributed by atoms with E-state index < -0.39 is 0 Å². The van der Waals surface area contributed by atoms with Crippen molar-refractivity contribution in [2.24, 2.45) is 5.41 Å². The molecule has 0 fully saturated rings. The summed E-state index contributed by atoms with van der Waals surface area (Å²) in [6.07, 6.45) is 1.19. The quantitative estimate of drug-likeness (QED) is 0.807. The van der Waals surface area contributed by atoms with Gasteiger partial charge in [-0.15, -0.1) is 11.6 Å². The van der Waals surface area contributed by atoms with Crippen LogP contribution in [0.25, 0.3) is 0 Å². The number of nitrogens with one attached hydrogen (secondary N) is 1. The molecule has 0 saturated heterocycles. The summed E-state index contributed by atoms with van der Waals surface area (Å²) in [5.74, 6) is 0.804. The lowest BCUT2D eigenvalue weighted by Crippen LogP contribution is -2.35. The zero-order valence-electron chi connectivity index (χ0n) is 9.22. The third-order valence-corrected chi connectivity index (χ3v) is 2.56. The van der Waals surface area contributed by atoms with E-state index in [1.807, 2.05) is 0 Å². The van der Waals surface area contributed by atoms with Crippen molar-refractivity contribution in [3.8, 4) is 0 Å². The van der Waals surface area contributed by atoms with Gasteiger partial charge < -0.3 is 5.32 Å². The van der Waals surface area contributed by atoms with E-state index in [1.54, 1.807) is 6.07 Å². The van der Waals surface area contributed by atoms with Gasteiger partial charge in [-0.05, 0) is 17.5 Å². The molecule has 1 atom stereocenters. The maximum absolute atomic E-state index is 12.6. The van der Waals surface area contributed by atoms with Gasteiger partial charge in [-0.2, -0.15) is 0 Å². The van der Waals surface area contributed by atoms with Gasteiger partial charge in [0.15, 0.2) is 0 Å². The smallest absolute Gasteiger partial charge is 0.141 e. The van der Waals surface area contributed by atoms with E-state index in [9.17, 15) is 4.39 Å². The maximum atomic E-state index is 12.6. The van der Waals surface area contributed by atoms with Crippen LogP contribution in [-0.4, -0.2) is 16.9 Å². The van der Waals surface area contributed by atoms with Crippen molar-refractivity contribution in [2.45, 2.75) is 26.8 Å². The first-order chi connectivity index (χ1) is 6.93. The highest BCUT2D eigenvalue weighted by Gasteiger charge is 2.23. The third kappa shape index (κ3) is 3.67. The summed E-state index contributed by atoms with van der Waals surface area (Å²) < 4.78 is 12.6. The van der Waals surface area contributed by atoms with Crippen LogP contribution in [-0.2, 0) is 0 Å². The first-order valence-electron chi connectivity index (χ1n) is 4.87. The lowest BCUT2D eigenvalue weighted by molar-refractivity contribution is 0.361. The van der Waals surface area contributed by atoms with Crippen LogP contribution >= 0.6 is 11.6 Å². The number of aromatic nitrogens is 1. The van der Waals surface area contributed by atoms with Crippen molar-refractivity contribution in [1.82, 2.24) is 4.98 Å². The Morgan fingerprint density at radius 2 is 2.13 bits per heavy atom. The minimum absolute atomic E-state index is 0.0395. The van der Waals surface area contributed by atoms with E-state index in [2.05, 4.69) is 31.1 Å². The molecule has 0 amide bonds. The number of rotatable bonds is 3. The fourth-order valence-electron chi connectivity index (χ4n) is 1.13. The summed E-state index contributed by atoms with van der Waals surface area (Å²) in [6, 6.07) is 3.10. The average molecular weight is 231 g/mol. The van der Waals surface area contributed by atoms with Gasteiger partial charge in [0, 0.05) is 11.9 Å². The molecule has 2 nitrogen and oxygen atoms in total. The van der Waals surface area contributed by atoms with Crippen molar-refractivity contribution in [1.29, 1.82) is 0 Å². The van der Waals surface area contributed by atoms with Gasteiger partial charge in [-0.1, -0.05) is 20.8 Å². The molecule has 0 radical (unpaired) electrons. The Kier molecular flexibility index (Phi) is 3.91. The van der Waals surface area contributed by atoms with E-state index in [0.29, 0.717) is 11.7 Å². The summed E-state index contributed by atoms with van der Waals surface area (Å²) >= 11 is 5.87. The fourth-order valence-corrected chi connectivity index (χ4v) is 1.67. The first-order valence-corrected chi connectivity index (χ1v) is 5.41. The predicted molar refractivity (Wildman–Crippen MR) is 61.8 cm³/mol. The Morgan fingerprint density at radius 3 is 2.53 bits per heavy atom. The second-order valence-electron chi connectivity index (χ2n) is 4.58. The SMILES string of the molecule is CC(C)(C)C(CCl)Nc1ccc(F)cn1. The second kappa shape index (κ2) is 4.79. The Bertz CT molecular complexity index is 305. The lowest BCUT2D eigenvalue weighted by atomic mass is 9.88. The minimum Gasteiger partial charge on any atom is -0.366 e. The van der Waals surface area contributed by atoms with Gasteiger partial charge in [-0.3, -0.25) is 0 Å². The lowest BCUT2D eigenvalue weighted by Gasteiger charge is -2.30.